The van der Waals surface area contributed by atoms with Crippen LogP contribution in [0.15, 0.2) is 151 Å². The summed E-state index contributed by atoms with van der Waals surface area (Å²) >= 11 is 0. The Bertz CT molecular complexity index is 2730. The van der Waals surface area contributed by atoms with Gasteiger partial charge >= 0.3 is 0 Å². The van der Waals surface area contributed by atoms with Crippen LogP contribution >= 0.6 is 0 Å². The molecule has 0 radical (unpaired) electrons. The van der Waals surface area contributed by atoms with Gasteiger partial charge in [-0.15, -0.1) is 0 Å². The van der Waals surface area contributed by atoms with Crippen LogP contribution in [0, 0.1) is 6.85 Å². The maximum Gasteiger partial charge on any atom is 0.111 e. The van der Waals surface area contributed by atoms with E-state index < -0.39 is 67.3 Å². The fourth-order valence-corrected chi connectivity index (χ4v) is 5.76. The quantitative estimate of drug-likeness (QED) is 0.200. The van der Waals surface area contributed by atoms with Crippen molar-refractivity contribution in [2.45, 2.75) is 6.85 Å². The molecule has 0 saturated carbocycles. The van der Waals surface area contributed by atoms with E-state index in [0.717, 1.165) is 0 Å². The second kappa shape index (κ2) is 9.87. The van der Waals surface area contributed by atoms with Gasteiger partial charge in [0, 0.05) is 14.9 Å². The molecule has 8 aromatic rings. The molecule has 0 amide bonds. The lowest BCUT2D eigenvalue weighted by molar-refractivity contribution is 1.02. The molecule has 2 heteroatoms. The van der Waals surface area contributed by atoms with Crippen LogP contribution in [0.3, 0.4) is 0 Å². The molecule has 0 N–H and O–H groups in total. The van der Waals surface area contributed by atoms with Crippen LogP contribution in [0.2, 0.25) is 0 Å². The molecule has 8 rings (SSSR count). The van der Waals surface area contributed by atoms with E-state index in [0.29, 0.717) is 49.4 Å². The van der Waals surface area contributed by atoms with Crippen LogP contribution in [0.5, 0.6) is 0 Å². The molecule has 0 saturated heterocycles. The van der Waals surface area contributed by atoms with Crippen molar-refractivity contribution in [2.24, 2.45) is 0 Å². The van der Waals surface area contributed by atoms with Crippen LogP contribution in [-0.2, 0) is 0 Å². The van der Waals surface area contributed by atoms with Gasteiger partial charge in [0.2, 0.25) is 0 Å². The number of para-hydroxylation sites is 2. The van der Waals surface area contributed by atoms with Crippen LogP contribution in [-0.4, -0.2) is 9.55 Å². The Labute approximate surface area is 263 Å². The summed E-state index contributed by atoms with van der Waals surface area (Å²) in [6, 6.07) is 21.6. The Hall–Kier alpha value is -5.47. The summed E-state index contributed by atoms with van der Waals surface area (Å²) in [5.41, 5.74) is 2.82. The third kappa shape index (κ3) is 3.92. The molecule has 7 aromatic carbocycles. The molecule has 1 heterocycles. The van der Waals surface area contributed by atoms with Crippen LogP contribution in [0.1, 0.15) is 23.6 Å². The van der Waals surface area contributed by atoms with Gasteiger partial charge in [-0.2, -0.15) is 0 Å². The molecule has 0 fully saturated rings. The van der Waals surface area contributed by atoms with Crippen molar-refractivity contribution in [3.63, 3.8) is 0 Å². The van der Waals surface area contributed by atoms with Crippen LogP contribution in [0.25, 0.3) is 71.6 Å². The van der Waals surface area contributed by atoms with Crippen LogP contribution in [0.4, 0.5) is 0 Å². The van der Waals surface area contributed by atoms with Gasteiger partial charge in [0.05, 0.1) is 30.4 Å². The highest BCUT2D eigenvalue weighted by molar-refractivity contribution is 6.19. The van der Waals surface area contributed by atoms with Crippen molar-refractivity contribution in [1.29, 1.82) is 0 Å². The number of aryl methyl sites for hydroxylation is 1. The maximum atomic E-state index is 8.82. The fraction of sp³-hybridized carbons (Fsp3) is 0.0250. The van der Waals surface area contributed by atoms with Crippen molar-refractivity contribution < 1.29 is 17.8 Å². The summed E-state index contributed by atoms with van der Waals surface area (Å²) < 4.78 is 112. The van der Waals surface area contributed by atoms with Gasteiger partial charge in [0.1, 0.15) is 5.82 Å². The highest BCUT2D eigenvalue weighted by Gasteiger charge is 2.20. The van der Waals surface area contributed by atoms with Gasteiger partial charge in [0.15, 0.2) is 0 Å². The predicted molar refractivity (Wildman–Crippen MR) is 177 cm³/mol. The third-order valence-corrected chi connectivity index (χ3v) is 7.49. The lowest BCUT2D eigenvalue weighted by atomic mass is 9.87. The highest BCUT2D eigenvalue weighted by Crippen LogP contribution is 2.44. The third-order valence-electron chi connectivity index (χ3n) is 7.49. The summed E-state index contributed by atoms with van der Waals surface area (Å²) in [5, 5.41) is 2.64. The molecule has 0 spiro atoms. The predicted octanol–water partition coefficient (Wildman–Crippen LogP) is 10.6. The van der Waals surface area contributed by atoms with Crippen molar-refractivity contribution in [3.05, 3.63) is 157 Å². The Morgan fingerprint density at radius 2 is 1.05 bits per heavy atom. The monoisotopic (exact) mass is 549 g/mol. The summed E-state index contributed by atoms with van der Waals surface area (Å²) in [5.74, 6) is -0.122. The average molecular weight is 550 g/mol. The Kier molecular flexibility index (Phi) is 3.39. The Morgan fingerprint density at radius 3 is 1.62 bits per heavy atom. The van der Waals surface area contributed by atoms with Crippen molar-refractivity contribution in [1.82, 2.24) is 9.55 Å². The van der Waals surface area contributed by atoms with Gasteiger partial charge in [-0.1, -0.05) is 121 Å². The number of fused-ring (bicyclic) bond motifs is 3. The molecule has 0 aliphatic heterocycles. The normalized spacial score (nSPS) is 16.1. The van der Waals surface area contributed by atoms with Gasteiger partial charge in [-0.3, -0.25) is 4.57 Å². The minimum absolute atomic E-state index is 0.122. The number of rotatable bonds is 4. The minimum Gasteiger partial charge on any atom is -0.295 e. The van der Waals surface area contributed by atoms with Crippen molar-refractivity contribution in [3.8, 4) is 39.1 Å². The minimum atomic E-state index is -2.59. The number of benzene rings is 7. The summed E-state index contributed by atoms with van der Waals surface area (Å²) in [7, 11) is 0. The molecule has 42 heavy (non-hydrogen) atoms. The smallest absolute Gasteiger partial charge is 0.111 e. The first-order valence-electron chi connectivity index (χ1n) is 19.8. The second-order valence-electron chi connectivity index (χ2n) is 9.87. The van der Waals surface area contributed by atoms with Gasteiger partial charge in [0.25, 0.3) is 0 Å². The Morgan fingerprint density at radius 1 is 0.548 bits per heavy atom. The number of imidazole rings is 1. The van der Waals surface area contributed by atoms with E-state index in [1.54, 1.807) is 28.8 Å². The number of aromatic nitrogens is 2. The lowest BCUT2D eigenvalue weighted by Gasteiger charge is -2.20. The van der Waals surface area contributed by atoms with E-state index >= 15 is 0 Å². The zero-order valence-electron chi connectivity index (χ0n) is 35.1. The first kappa shape index (κ1) is 14.4. The summed E-state index contributed by atoms with van der Waals surface area (Å²) in [6.07, 6.45) is 0. The lowest BCUT2D eigenvalue weighted by Crippen LogP contribution is -2.01. The van der Waals surface area contributed by atoms with E-state index in [9.17, 15) is 0 Å². The standard InChI is InChI=1S/C40H28N2/c1-27-41-37-22-12-13-23-38(37)42(27)40-35-20-10-8-18-33(35)39(34-19-9-11-21-36(34)40)32-25-30(28-14-4-2-5-15-28)24-31(26-32)29-16-6-3-7-17-29/h2-26H,1H3/i1D3,2D,3D,4D,5D,6D,7D,14D,15D,16D,17D. The van der Waals surface area contributed by atoms with E-state index in [-0.39, 0.29) is 28.1 Å². The van der Waals surface area contributed by atoms with E-state index in [1.165, 1.54) is 6.07 Å². The second-order valence-corrected chi connectivity index (χ2v) is 9.87. The molecule has 0 aliphatic carbocycles. The van der Waals surface area contributed by atoms with E-state index in [2.05, 4.69) is 4.98 Å². The maximum absolute atomic E-state index is 8.82. The molecule has 0 atom stereocenters. The van der Waals surface area contributed by atoms with Crippen molar-refractivity contribution in [2.75, 3.05) is 0 Å². The number of hydrogen-bond acceptors (Lipinski definition) is 1. The van der Waals surface area contributed by atoms with E-state index in [1.807, 2.05) is 60.7 Å². The molecule has 0 aliphatic rings. The molecule has 0 bridgehead atoms. The molecular weight excluding hydrogens is 508 g/mol. The SMILES string of the molecule is [2H]c1c([2H])c([2H])c(-c2cc(-c3c([2H])c([2H])c([2H])c([2H])c3[2H])cc(-c3c4ccccc4c(-n4c(C([2H])([2H])[2H])nc5ccccc54)c4ccccc34)c2)c([2H])c1[2H]. The molecule has 0 unspecified atom stereocenters. The number of nitrogens with zero attached hydrogens (tertiary/aromatic N) is 2. The van der Waals surface area contributed by atoms with Crippen molar-refractivity contribution >= 4 is 32.6 Å². The topological polar surface area (TPSA) is 17.8 Å². The average Bonchev–Trinajstić information content (AvgIpc) is 3.57. The van der Waals surface area contributed by atoms with Crippen LogP contribution < -0.4 is 0 Å². The Balaban J connectivity index is 1.56. The molecular formula is C40H28N2. The first-order chi connectivity index (χ1) is 26.1. The highest BCUT2D eigenvalue weighted by atomic mass is 15.1. The zero-order chi connectivity index (χ0) is 39.2. The van der Waals surface area contributed by atoms with Gasteiger partial charge < -0.3 is 0 Å². The number of hydrogen-bond donors (Lipinski definition) is 0. The zero-order valence-corrected chi connectivity index (χ0v) is 22.1. The first-order valence-corrected chi connectivity index (χ1v) is 13.3. The summed E-state index contributed by atoms with van der Waals surface area (Å²) in [4.78, 5) is 4.56. The van der Waals surface area contributed by atoms with Gasteiger partial charge in [-0.05, 0) is 81.3 Å². The van der Waals surface area contributed by atoms with E-state index in [4.69, 9.17) is 17.8 Å². The summed E-state index contributed by atoms with van der Waals surface area (Å²) in [6.45, 7) is -2.59. The largest absolute Gasteiger partial charge is 0.295 e. The molecule has 198 valence electrons. The molecule has 2 nitrogen and oxygen atoms in total. The molecule has 1 aromatic heterocycles. The fourth-order valence-electron chi connectivity index (χ4n) is 5.76. The van der Waals surface area contributed by atoms with Gasteiger partial charge in [-0.25, -0.2) is 4.98 Å².